The summed E-state index contributed by atoms with van der Waals surface area (Å²) in [4.78, 5) is 19.1. The third kappa shape index (κ3) is 3.42. The van der Waals surface area contributed by atoms with Crippen molar-refractivity contribution >= 4 is 33.9 Å². The number of rotatable bonds is 5. The monoisotopic (exact) mass is 264 g/mol. The van der Waals surface area contributed by atoms with Crippen LogP contribution in [0.1, 0.15) is 0 Å². The number of ether oxygens (including phenoxy) is 1. The number of thiophene rings is 1. The molecule has 0 aliphatic rings. The molecule has 6 nitrogen and oxygen atoms in total. The van der Waals surface area contributed by atoms with Gasteiger partial charge >= 0.3 is 5.97 Å². The van der Waals surface area contributed by atoms with Crippen LogP contribution in [0, 0.1) is 0 Å². The summed E-state index contributed by atoms with van der Waals surface area (Å²) in [6, 6.07) is 5.63. The van der Waals surface area contributed by atoms with Crippen molar-refractivity contribution in [1.82, 2.24) is 9.97 Å². The SMILES string of the molecule is COC(=O)CNc1cc(Nc2cccs2)ncn1. The first-order valence-corrected chi connectivity index (χ1v) is 6.09. The third-order valence-corrected chi connectivity index (χ3v) is 2.87. The molecule has 18 heavy (non-hydrogen) atoms. The van der Waals surface area contributed by atoms with E-state index in [9.17, 15) is 4.79 Å². The van der Waals surface area contributed by atoms with Crippen molar-refractivity contribution in [2.75, 3.05) is 24.3 Å². The standard InChI is InChI=1S/C11H12N4O2S/c1-17-11(16)6-12-8-5-9(14-7-13-8)15-10-3-2-4-18-10/h2-5,7H,6H2,1H3,(H2,12,13,14,15). The van der Waals surface area contributed by atoms with Crippen molar-refractivity contribution in [3.63, 3.8) is 0 Å². The molecular formula is C11H12N4O2S. The van der Waals surface area contributed by atoms with Gasteiger partial charge in [0, 0.05) is 6.07 Å². The fourth-order valence-corrected chi connectivity index (χ4v) is 1.86. The van der Waals surface area contributed by atoms with Crippen molar-refractivity contribution in [1.29, 1.82) is 0 Å². The van der Waals surface area contributed by atoms with Gasteiger partial charge in [-0.05, 0) is 17.5 Å². The van der Waals surface area contributed by atoms with Gasteiger partial charge in [0.15, 0.2) is 0 Å². The molecule has 0 bridgehead atoms. The molecule has 2 N–H and O–H groups in total. The van der Waals surface area contributed by atoms with E-state index in [4.69, 9.17) is 0 Å². The fourth-order valence-electron chi connectivity index (χ4n) is 1.23. The molecule has 0 saturated heterocycles. The highest BCUT2D eigenvalue weighted by Crippen LogP contribution is 2.20. The van der Waals surface area contributed by atoms with E-state index < -0.39 is 0 Å². The van der Waals surface area contributed by atoms with E-state index in [0.29, 0.717) is 11.6 Å². The topological polar surface area (TPSA) is 76.1 Å². The number of nitrogens with zero attached hydrogens (tertiary/aromatic N) is 2. The van der Waals surface area contributed by atoms with Crippen molar-refractivity contribution in [3.8, 4) is 0 Å². The molecule has 0 fully saturated rings. The molecule has 7 heteroatoms. The summed E-state index contributed by atoms with van der Waals surface area (Å²) in [7, 11) is 1.34. The fraction of sp³-hybridized carbons (Fsp3) is 0.182. The summed E-state index contributed by atoms with van der Waals surface area (Å²) >= 11 is 1.58. The first-order chi connectivity index (χ1) is 8.78. The Balaban J connectivity index is 1.99. The number of esters is 1. The number of carbonyl (C=O) groups excluding carboxylic acids is 1. The second kappa shape index (κ2) is 5.97. The molecule has 0 saturated carbocycles. The number of nitrogens with one attached hydrogen (secondary N) is 2. The summed E-state index contributed by atoms with van der Waals surface area (Å²) < 4.78 is 4.53. The maximum absolute atomic E-state index is 11.0. The van der Waals surface area contributed by atoms with Gasteiger partial charge in [-0.15, -0.1) is 11.3 Å². The number of anilines is 3. The lowest BCUT2D eigenvalue weighted by Crippen LogP contribution is -2.15. The first-order valence-electron chi connectivity index (χ1n) is 5.21. The smallest absolute Gasteiger partial charge is 0.325 e. The van der Waals surface area contributed by atoms with Gasteiger partial charge in [-0.3, -0.25) is 4.79 Å². The molecule has 0 spiro atoms. The lowest BCUT2D eigenvalue weighted by Gasteiger charge is -2.06. The Bertz CT molecular complexity index is 516. The Kier molecular flexibility index (Phi) is 4.08. The molecule has 2 aromatic heterocycles. The number of carbonyl (C=O) groups is 1. The lowest BCUT2D eigenvalue weighted by molar-refractivity contribution is -0.138. The quantitative estimate of drug-likeness (QED) is 0.803. The zero-order chi connectivity index (χ0) is 12.8. The minimum atomic E-state index is -0.346. The molecule has 2 aromatic rings. The minimum absolute atomic E-state index is 0.0754. The zero-order valence-corrected chi connectivity index (χ0v) is 10.5. The Morgan fingerprint density at radius 2 is 2.28 bits per heavy atom. The van der Waals surface area contributed by atoms with Crippen molar-refractivity contribution in [3.05, 3.63) is 29.9 Å². The summed E-state index contributed by atoms with van der Waals surface area (Å²) in [5.41, 5.74) is 0. The van der Waals surface area contributed by atoms with E-state index in [0.717, 1.165) is 5.00 Å². The van der Waals surface area contributed by atoms with Crippen LogP contribution in [0.15, 0.2) is 29.9 Å². The van der Waals surface area contributed by atoms with Crippen molar-refractivity contribution < 1.29 is 9.53 Å². The average molecular weight is 264 g/mol. The van der Waals surface area contributed by atoms with Gasteiger partial charge in [-0.2, -0.15) is 0 Å². The van der Waals surface area contributed by atoms with Crippen LogP contribution in [0.25, 0.3) is 0 Å². The largest absolute Gasteiger partial charge is 0.468 e. The highest BCUT2D eigenvalue weighted by Gasteiger charge is 2.03. The Morgan fingerprint density at radius 3 is 3.00 bits per heavy atom. The average Bonchev–Trinajstić information content (AvgIpc) is 2.89. The summed E-state index contributed by atoms with van der Waals surface area (Å²) in [6.45, 7) is 0.0754. The van der Waals surface area contributed by atoms with Gasteiger partial charge in [0.25, 0.3) is 0 Å². The molecule has 0 radical (unpaired) electrons. The Morgan fingerprint density at radius 1 is 1.44 bits per heavy atom. The van der Waals surface area contributed by atoms with Crippen LogP contribution in [0.5, 0.6) is 0 Å². The summed E-state index contributed by atoms with van der Waals surface area (Å²) in [6.07, 6.45) is 1.43. The second-order valence-electron chi connectivity index (χ2n) is 3.32. The van der Waals surface area contributed by atoms with E-state index in [1.54, 1.807) is 17.4 Å². The first kappa shape index (κ1) is 12.3. The van der Waals surface area contributed by atoms with Crippen LogP contribution in [-0.4, -0.2) is 29.6 Å². The molecule has 0 aliphatic heterocycles. The van der Waals surface area contributed by atoms with Gasteiger partial charge in [-0.25, -0.2) is 9.97 Å². The van der Waals surface area contributed by atoms with E-state index in [2.05, 4.69) is 25.3 Å². The van der Waals surface area contributed by atoms with Crippen LogP contribution >= 0.6 is 11.3 Å². The summed E-state index contributed by atoms with van der Waals surface area (Å²) in [5, 5.41) is 8.96. The molecular weight excluding hydrogens is 252 g/mol. The van der Waals surface area contributed by atoms with E-state index in [1.807, 2.05) is 17.5 Å². The molecule has 2 heterocycles. The maximum atomic E-state index is 11.0. The maximum Gasteiger partial charge on any atom is 0.325 e. The highest BCUT2D eigenvalue weighted by atomic mass is 32.1. The van der Waals surface area contributed by atoms with Gasteiger partial charge in [0.2, 0.25) is 0 Å². The van der Waals surface area contributed by atoms with Crippen molar-refractivity contribution in [2.24, 2.45) is 0 Å². The summed E-state index contributed by atoms with van der Waals surface area (Å²) in [5.74, 6) is 0.885. The predicted molar refractivity (Wildman–Crippen MR) is 70.1 cm³/mol. The molecule has 94 valence electrons. The molecule has 0 unspecified atom stereocenters. The minimum Gasteiger partial charge on any atom is -0.468 e. The number of hydrogen-bond donors (Lipinski definition) is 2. The van der Waals surface area contributed by atoms with Crippen LogP contribution in [0.4, 0.5) is 16.6 Å². The predicted octanol–water partition coefficient (Wildman–Crippen LogP) is 1.87. The van der Waals surface area contributed by atoms with Crippen LogP contribution in [0.3, 0.4) is 0 Å². The molecule has 2 rings (SSSR count). The van der Waals surface area contributed by atoms with Gasteiger partial charge in [0.1, 0.15) is 24.5 Å². The van der Waals surface area contributed by atoms with E-state index >= 15 is 0 Å². The van der Waals surface area contributed by atoms with E-state index in [1.165, 1.54) is 13.4 Å². The molecule has 0 aliphatic carbocycles. The van der Waals surface area contributed by atoms with Crippen molar-refractivity contribution in [2.45, 2.75) is 0 Å². The number of methoxy groups -OCH3 is 1. The van der Waals surface area contributed by atoms with Gasteiger partial charge < -0.3 is 15.4 Å². The molecule has 0 atom stereocenters. The van der Waals surface area contributed by atoms with Crippen LogP contribution in [0.2, 0.25) is 0 Å². The molecule has 0 aromatic carbocycles. The zero-order valence-electron chi connectivity index (χ0n) is 9.71. The number of hydrogen-bond acceptors (Lipinski definition) is 7. The van der Waals surface area contributed by atoms with Crippen LogP contribution < -0.4 is 10.6 Å². The normalized spacial score (nSPS) is 9.83. The van der Waals surface area contributed by atoms with Gasteiger partial charge in [-0.1, -0.05) is 0 Å². The van der Waals surface area contributed by atoms with Crippen LogP contribution in [-0.2, 0) is 9.53 Å². The Labute approximate surface area is 108 Å². The number of aromatic nitrogens is 2. The Hall–Kier alpha value is -2.15. The second-order valence-corrected chi connectivity index (χ2v) is 4.27. The molecule has 0 amide bonds. The lowest BCUT2D eigenvalue weighted by atomic mass is 10.5. The van der Waals surface area contributed by atoms with E-state index in [-0.39, 0.29) is 12.5 Å². The third-order valence-electron chi connectivity index (χ3n) is 2.08. The highest BCUT2D eigenvalue weighted by molar-refractivity contribution is 7.14. The van der Waals surface area contributed by atoms with Gasteiger partial charge in [0.05, 0.1) is 12.1 Å².